The molecule has 0 saturated carbocycles. The van der Waals surface area contributed by atoms with Crippen molar-refractivity contribution in [1.82, 2.24) is 15.2 Å². The molecule has 0 amide bonds. The summed E-state index contributed by atoms with van der Waals surface area (Å²) >= 11 is 0. The van der Waals surface area contributed by atoms with Gasteiger partial charge in [-0.1, -0.05) is 0 Å². The number of halogens is 1. The van der Waals surface area contributed by atoms with E-state index in [1.54, 1.807) is 12.3 Å². The number of oxazole rings is 1. The van der Waals surface area contributed by atoms with Crippen LogP contribution in [0.25, 0.3) is 22.4 Å². The summed E-state index contributed by atoms with van der Waals surface area (Å²) in [5, 5.41) is 17.1. The molecule has 1 aliphatic rings. The number of H-pyrrole nitrogens is 1. The Hall–Kier alpha value is -3.66. The molecular weight excluding hydrogens is 347 g/mol. The largest absolute Gasteiger partial charge is 0.486 e. The minimum atomic E-state index is -0.510. The summed E-state index contributed by atoms with van der Waals surface area (Å²) in [5.41, 5.74) is 3.35. The zero-order valence-electron chi connectivity index (χ0n) is 14.1. The number of aryl methyl sites for hydroxylation is 1. The molecule has 1 N–H and O–H groups in total. The quantitative estimate of drug-likeness (QED) is 0.589. The molecule has 0 bridgehead atoms. The van der Waals surface area contributed by atoms with Crippen molar-refractivity contribution in [2.24, 2.45) is 0 Å². The first-order valence-corrected chi connectivity index (χ1v) is 8.49. The van der Waals surface area contributed by atoms with Crippen LogP contribution in [0.15, 0.2) is 47.3 Å². The summed E-state index contributed by atoms with van der Waals surface area (Å²) < 4.78 is 25.5. The van der Waals surface area contributed by atoms with Crippen molar-refractivity contribution in [2.75, 3.05) is 0 Å². The lowest BCUT2D eigenvalue weighted by atomic mass is 10.1. The van der Waals surface area contributed by atoms with Crippen molar-refractivity contribution in [2.45, 2.75) is 18.9 Å². The van der Waals surface area contributed by atoms with E-state index in [0.717, 1.165) is 34.9 Å². The van der Waals surface area contributed by atoms with Crippen LogP contribution in [-0.2, 0) is 6.42 Å². The summed E-state index contributed by atoms with van der Waals surface area (Å²) in [5.74, 6) is 0.715. The Balaban J connectivity index is 1.49. The third-order valence-corrected chi connectivity index (χ3v) is 4.85. The number of nitrogens with one attached hydrogen (secondary N) is 1. The molecule has 0 aliphatic heterocycles. The summed E-state index contributed by atoms with van der Waals surface area (Å²) in [6.45, 7) is 0. The second-order valence-corrected chi connectivity index (χ2v) is 6.43. The van der Waals surface area contributed by atoms with Gasteiger partial charge in [-0.3, -0.25) is 5.10 Å². The first-order valence-electron chi connectivity index (χ1n) is 8.49. The predicted molar refractivity (Wildman–Crippen MR) is 94.4 cm³/mol. The second-order valence-electron chi connectivity index (χ2n) is 6.43. The molecule has 2 aromatic carbocycles. The number of ether oxygens (including phenoxy) is 1. The fraction of sp³-hybridized carbons (Fsp3) is 0.150. The zero-order valence-corrected chi connectivity index (χ0v) is 14.1. The van der Waals surface area contributed by atoms with Crippen molar-refractivity contribution in [3.8, 4) is 23.3 Å². The van der Waals surface area contributed by atoms with Crippen molar-refractivity contribution in [1.29, 1.82) is 5.26 Å². The molecule has 0 radical (unpaired) electrons. The maximum absolute atomic E-state index is 14.0. The topological polar surface area (TPSA) is 87.7 Å². The van der Waals surface area contributed by atoms with Gasteiger partial charge in [0.2, 0.25) is 0 Å². The van der Waals surface area contributed by atoms with E-state index in [1.807, 2.05) is 24.3 Å². The summed E-state index contributed by atoms with van der Waals surface area (Å²) in [7, 11) is 0. The van der Waals surface area contributed by atoms with Gasteiger partial charge in [-0.25, -0.2) is 9.37 Å². The first kappa shape index (κ1) is 15.6. The number of aromatic nitrogens is 3. The second kappa shape index (κ2) is 5.95. The van der Waals surface area contributed by atoms with Gasteiger partial charge >= 0.3 is 0 Å². The highest BCUT2D eigenvalue weighted by atomic mass is 19.1. The van der Waals surface area contributed by atoms with E-state index in [2.05, 4.69) is 15.2 Å². The Morgan fingerprint density at radius 2 is 2.22 bits per heavy atom. The number of rotatable bonds is 3. The van der Waals surface area contributed by atoms with Gasteiger partial charge in [0.25, 0.3) is 0 Å². The molecular formula is C20H13FN4O2. The SMILES string of the molecule is N#Cc1cc2c(cc1F)C(Oc1ccc3[nH]nc(-c4cnco4)c3c1)CC2. The van der Waals surface area contributed by atoms with Crippen LogP contribution in [0.2, 0.25) is 0 Å². The minimum absolute atomic E-state index is 0.0749. The first-order chi connectivity index (χ1) is 13.2. The van der Waals surface area contributed by atoms with E-state index in [0.29, 0.717) is 17.2 Å². The highest BCUT2D eigenvalue weighted by Crippen LogP contribution is 2.37. The average Bonchev–Trinajstić information content (AvgIpc) is 3.41. The summed E-state index contributed by atoms with van der Waals surface area (Å²) in [4.78, 5) is 3.93. The van der Waals surface area contributed by atoms with Gasteiger partial charge in [-0.15, -0.1) is 0 Å². The van der Waals surface area contributed by atoms with Gasteiger partial charge in [0.1, 0.15) is 29.4 Å². The Morgan fingerprint density at radius 1 is 1.30 bits per heavy atom. The highest BCUT2D eigenvalue weighted by Gasteiger charge is 2.26. The van der Waals surface area contributed by atoms with Gasteiger partial charge in [0.05, 0.1) is 17.3 Å². The third kappa shape index (κ3) is 2.54. The Morgan fingerprint density at radius 3 is 3.04 bits per heavy atom. The van der Waals surface area contributed by atoms with Crippen LogP contribution >= 0.6 is 0 Å². The van der Waals surface area contributed by atoms with E-state index < -0.39 is 5.82 Å². The van der Waals surface area contributed by atoms with Gasteiger partial charge < -0.3 is 9.15 Å². The van der Waals surface area contributed by atoms with E-state index in [4.69, 9.17) is 14.4 Å². The number of hydrogen-bond acceptors (Lipinski definition) is 5. The number of hydrogen-bond donors (Lipinski definition) is 1. The number of nitrogens with zero attached hydrogens (tertiary/aromatic N) is 3. The Labute approximate surface area is 153 Å². The van der Waals surface area contributed by atoms with E-state index >= 15 is 0 Å². The van der Waals surface area contributed by atoms with Crippen molar-refractivity contribution in [3.05, 3.63) is 65.4 Å². The number of benzene rings is 2. The summed E-state index contributed by atoms with van der Waals surface area (Å²) in [6, 6.07) is 10.5. The third-order valence-electron chi connectivity index (χ3n) is 4.85. The van der Waals surface area contributed by atoms with E-state index in [-0.39, 0.29) is 11.7 Å². The van der Waals surface area contributed by atoms with Crippen molar-refractivity contribution < 1.29 is 13.5 Å². The van der Waals surface area contributed by atoms with Gasteiger partial charge in [0, 0.05) is 5.39 Å². The molecule has 0 spiro atoms. The lowest BCUT2D eigenvalue weighted by Crippen LogP contribution is -2.04. The van der Waals surface area contributed by atoms with Crippen LogP contribution in [0.5, 0.6) is 5.75 Å². The van der Waals surface area contributed by atoms with Crippen LogP contribution in [0.4, 0.5) is 4.39 Å². The van der Waals surface area contributed by atoms with Crippen LogP contribution in [0.3, 0.4) is 0 Å². The number of nitriles is 1. The molecule has 6 nitrogen and oxygen atoms in total. The van der Waals surface area contributed by atoms with Gasteiger partial charge in [-0.05, 0) is 54.3 Å². The van der Waals surface area contributed by atoms with E-state index in [1.165, 1.54) is 12.5 Å². The van der Waals surface area contributed by atoms with Crippen molar-refractivity contribution in [3.63, 3.8) is 0 Å². The molecule has 0 fully saturated rings. The fourth-order valence-corrected chi connectivity index (χ4v) is 3.55. The monoisotopic (exact) mass is 360 g/mol. The standard InChI is InChI=1S/C20H13FN4O2/c21-16-7-14-11(5-12(16)8-22)1-4-18(14)27-13-2-3-17-15(6-13)20(25-24-17)19-9-23-10-26-19/h2-3,5-7,9-10,18H,1,4H2,(H,24,25). The average molecular weight is 360 g/mol. The van der Waals surface area contributed by atoms with Crippen molar-refractivity contribution >= 4 is 10.9 Å². The molecule has 1 unspecified atom stereocenters. The van der Waals surface area contributed by atoms with Gasteiger partial charge in [-0.2, -0.15) is 10.4 Å². The molecule has 132 valence electrons. The molecule has 27 heavy (non-hydrogen) atoms. The molecule has 0 saturated heterocycles. The number of aromatic amines is 1. The number of fused-ring (bicyclic) bond motifs is 2. The highest BCUT2D eigenvalue weighted by molar-refractivity contribution is 5.92. The predicted octanol–water partition coefficient (Wildman–Crippen LogP) is 4.29. The lowest BCUT2D eigenvalue weighted by molar-refractivity contribution is 0.207. The maximum Gasteiger partial charge on any atom is 0.181 e. The smallest absolute Gasteiger partial charge is 0.181 e. The minimum Gasteiger partial charge on any atom is -0.486 e. The Bertz CT molecular complexity index is 1190. The van der Waals surface area contributed by atoms with Crippen LogP contribution < -0.4 is 4.74 Å². The van der Waals surface area contributed by atoms with Crippen LogP contribution in [0.1, 0.15) is 29.2 Å². The van der Waals surface area contributed by atoms with Crippen LogP contribution in [0, 0.1) is 17.1 Å². The lowest BCUT2D eigenvalue weighted by Gasteiger charge is -2.15. The molecule has 1 aliphatic carbocycles. The molecule has 1 atom stereocenters. The van der Waals surface area contributed by atoms with Gasteiger partial charge in [0.15, 0.2) is 12.2 Å². The van der Waals surface area contributed by atoms with E-state index in [9.17, 15) is 4.39 Å². The maximum atomic E-state index is 14.0. The summed E-state index contributed by atoms with van der Waals surface area (Å²) in [6.07, 6.45) is 4.20. The molecule has 4 aromatic rings. The normalized spacial score (nSPS) is 15.6. The zero-order chi connectivity index (χ0) is 18.4. The molecule has 2 heterocycles. The molecule has 5 rings (SSSR count). The Kier molecular flexibility index (Phi) is 3.44. The van der Waals surface area contributed by atoms with Crippen LogP contribution in [-0.4, -0.2) is 15.2 Å². The fourth-order valence-electron chi connectivity index (χ4n) is 3.55. The molecule has 7 heteroatoms. The molecule has 2 aromatic heterocycles.